The average molecular weight is 574 g/mol. The molecule has 0 unspecified atom stereocenters. The lowest BCUT2D eigenvalue weighted by atomic mass is 9.95. The number of carbonyl (C=O) groups excluding carboxylic acids is 1. The lowest BCUT2D eigenvalue weighted by Gasteiger charge is -2.29. The summed E-state index contributed by atoms with van der Waals surface area (Å²) in [5.74, 6) is 0.447. The molecule has 2 atom stereocenters. The van der Waals surface area contributed by atoms with Crippen LogP contribution in [0.5, 0.6) is 5.75 Å². The smallest absolute Gasteiger partial charge is 0.229 e. The fourth-order valence-corrected chi connectivity index (χ4v) is 5.29. The van der Waals surface area contributed by atoms with E-state index in [1.54, 1.807) is 13.3 Å². The van der Waals surface area contributed by atoms with Crippen LogP contribution < -0.4 is 20.3 Å². The van der Waals surface area contributed by atoms with Gasteiger partial charge in [0.15, 0.2) is 5.11 Å². The second kappa shape index (κ2) is 10.9. The molecule has 1 aliphatic heterocycles. The topological polar surface area (TPSA) is 71.4 Å². The summed E-state index contributed by atoms with van der Waals surface area (Å²) in [7, 11) is 1.59. The molecule has 0 spiro atoms. The molecule has 9 heteroatoms. The van der Waals surface area contributed by atoms with Crippen molar-refractivity contribution in [2.45, 2.75) is 39.8 Å². The second-order valence-corrected chi connectivity index (χ2v) is 11.6. The molecule has 2 aromatic carbocycles. The first-order chi connectivity index (χ1) is 19.1. The van der Waals surface area contributed by atoms with Crippen molar-refractivity contribution in [1.82, 2.24) is 14.9 Å². The Labute approximate surface area is 245 Å². The number of aromatic nitrogens is 2. The van der Waals surface area contributed by atoms with Crippen LogP contribution in [0.15, 0.2) is 79.1 Å². The van der Waals surface area contributed by atoms with E-state index >= 15 is 0 Å². The van der Waals surface area contributed by atoms with Crippen molar-refractivity contribution in [2.24, 2.45) is 5.41 Å². The number of hydrogen-bond donors (Lipinski definition) is 2. The van der Waals surface area contributed by atoms with Gasteiger partial charge in [-0.15, -0.1) is 0 Å². The monoisotopic (exact) mass is 573 g/mol. The zero-order chi connectivity index (χ0) is 28.6. The number of thiocarbonyl (C=S) groups is 1. The predicted octanol–water partition coefficient (Wildman–Crippen LogP) is 7.00. The van der Waals surface area contributed by atoms with Gasteiger partial charge in [-0.2, -0.15) is 0 Å². The summed E-state index contributed by atoms with van der Waals surface area (Å²) in [5.41, 5.74) is 4.77. The molecule has 5 rings (SSSR count). The van der Waals surface area contributed by atoms with E-state index in [2.05, 4.69) is 37.2 Å². The molecule has 2 aromatic heterocycles. The van der Waals surface area contributed by atoms with Crippen molar-refractivity contribution in [3.8, 4) is 11.4 Å². The quantitative estimate of drug-likeness (QED) is 0.242. The molecule has 0 aliphatic carbocycles. The van der Waals surface area contributed by atoms with Crippen LogP contribution in [0.3, 0.4) is 0 Å². The minimum atomic E-state index is -0.545. The highest BCUT2D eigenvalue weighted by Gasteiger charge is 2.42. The minimum Gasteiger partial charge on any atom is -0.494 e. The van der Waals surface area contributed by atoms with Crippen LogP contribution in [0.25, 0.3) is 5.69 Å². The average Bonchev–Trinajstić information content (AvgIpc) is 3.54. The highest BCUT2D eigenvalue weighted by Crippen LogP contribution is 2.44. The number of benzene rings is 2. The second-order valence-electron chi connectivity index (χ2n) is 10.8. The molecule has 1 amide bonds. The van der Waals surface area contributed by atoms with Crippen molar-refractivity contribution in [3.63, 3.8) is 0 Å². The van der Waals surface area contributed by atoms with Gasteiger partial charge in [-0.1, -0.05) is 38.4 Å². The standard InChI is InChI=1S/C31H32ClN5O2S/c1-19-17-20(11-13-22(19)32)36-16-8-10-25(36)28-27(24-9-6-7-15-33-24)35-30(40)37(28)21-12-14-23(26(18-21)39-5)34-29(38)31(2,3)4/h6-18,27-28H,1-5H3,(H,34,38)(H,35,40)/t27-,28-/m0/s1. The van der Waals surface area contributed by atoms with Gasteiger partial charge in [0, 0.05) is 46.0 Å². The molecule has 0 bridgehead atoms. The van der Waals surface area contributed by atoms with Crippen LogP contribution in [0.4, 0.5) is 11.4 Å². The third kappa shape index (κ3) is 5.29. The number of methoxy groups -OCH3 is 1. The van der Waals surface area contributed by atoms with Gasteiger partial charge >= 0.3 is 0 Å². The number of nitrogens with zero attached hydrogens (tertiary/aromatic N) is 3. The summed E-state index contributed by atoms with van der Waals surface area (Å²) in [6.07, 6.45) is 3.83. The molecule has 1 saturated heterocycles. The van der Waals surface area contributed by atoms with Crippen LogP contribution in [-0.4, -0.2) is 27.7 Å². The van der Waals surface area contributed by atoms with Gasteiger partial charge in [0.25, 0.3) is 0 Å². The van der Waals surface area contributed by atoms with E-state index in [1.807, 2.05) is 88.5 Å². The fourth-order valence-electron chi connectivity index (χ4n) is 4.83. The summed E-state index contributed by atoms with van der Waals surface area (Å²) in [6, 6.07) is 21.2. The van der Waals surface area contributed by atoms with Gasteiger partial charge < -0.3 is 24.8 Å². The summed E-state index contributed by atoms with van der Waals surface area (Å²) in [4.78, 5) is 19.4. The van der Waals surface area contributed by atoms with E-state index < -0.39 is 5.41 Å². The van der Waals surface area contributed by atoms with E-state index in [0.717, 1.165) is 33.3 Å². The minimum absolute atomic E-state index is 0.0962. The van der Waals surface area contributed by atoms with Crippen molar-refractivity contribution in [3.05, 3.63) is 101 Å². The van der Waals surface area contributed by atoms with E-state index in [-0.39, 0.29) is 18.0 Å². The molecule has 0 radical (unpaired) electrons. The van der Waals surface area contributed by atoms with E-state index in [4.69, 9.17) is 28.6 Å². The van der Waals surface area contributed by atoms with Crippen LogP contribution in [0, 0.1) is 12.3 Å². The maximum atomic E-state index is 12.7. The van der Waals surface area contributed by atoms with Crippen LogP contribution in [0.1, 0.15) is 49.8 Å². The molecule has 7 nitrogen and oxygen atoms in total. The van der Waals surface area contributed by atoms with Crippen molar-refractivity contribution >= 4 is 46.2 Å². The Hall–Kier alpha value is -3.88. The SMILES string of the molecule is COc1cc(N2C(=S)N[C@@H](c3ccccn3)[C@@H]2c2cccn2-c2ccc(Cl)c(C)c2)ccc1NC(=O)C(C)(C)C. The fraction of sp³-hybridized carbons (Fsp3) is 0.258. The molecular weight excluding hydrogens is 542 g/mol. The van der Waals surface area contributed by atoms with Gasteiger partial charge in [0.1, 0.15) is 11.8 Å². The number of ether oxygens (including phenoxy) is 1. The Kier molecular flexibility index (Phi) is 7.57. The van der Waals surface area contributed by atoms with E-state index in [0.29, 0.717) is 16.5 Å². The number of rotatable bonds is 6. The number of aryl methyl sites for hydroxylation is 1. The summed E-state index contributed by atoms with van der Waals surface area (Å²) in [5, 5.41) is 7.78. The molecule has 1 fully saturated rings. The third-order valence-corrected chi connectivity index (χ3v) is 7.73. The van der Waals surface area contributed by atoms with Gasteiger partial charge in [-0.3, -0.25) is 9.78 Å². The number of hydrogen-bond acceptors (Lipinski definition) is 4. The Morgan fingerprint density at radius 2 is 1.85 bits per heavy atom. The lowest BCUT2D eigenvalue weighted by molar-refractivity contribution is -0.123. The molecule has 4 aromatic rings. The van der Waals surface area contributed by atoms with Crippen LogP contribution in [0.2, 0.25) is 5.02 Å². The highest BCUT2D eigenvalue weighted by molar-refractivity contribution is 7.80. The third-order valence-electron chi connectivity index (χ3n) is 6.99. The number of nitrogens with one attached hydrogen (secondary N) is 2. The molecular formula is C31H32ClN5O2S. The van der Waals surface area contributed by atoms with Crippen LogP contribution in [-0.2, 0) is 4.79 Å². The number of amides is 1. The van der Waals surface area contributed by atoms with Crippen molar-refractivity contribution < 1.29 is 9.53 Å². The van der Waals surface area contributed by atoms with Gasteiger partial charge in [-0.25, -0.2) is 0 Å². The normalized spacial score (nSPS) is 17.1. The molecule has 3 heterocycles. The molecule has 206 valence electrons. The highest BCUT2D eigenvalue weighted by atomic mass is 35.5. The zero-order valence-electron chi connectivity index (χ0n) is 23.1. The van der Waals surface area contributed by atoms with Crippen molar-refractivity contribution in [2.75, 3.05) is 17.3 Å². The van der Waals surface area contributed by atoms with Crippen molar-refractivity contribution in [1.29, 1.82) is 0 Å². The molecule has 2 N–H and O–H groups in total. The number of halogens is 1. The largest absolute Gasteiger partial charge is 0.494 e. The Morgan fingerprint density at radius 3 is 2.52 bits per heavy atom. The Balaban J connectivity index is 1.61. The summed E-state index contributed by atoms with van der Waals surface area (Å²) < 4.78 is 7.87. The Bertz CT molecular complexity index is 1560. The van der Waals surface area contributed by atoms with Gasteiger partial charge in [0.2, 0.25) is 5.91 Å². The maximum absolute atomic E-state index is 12.7. The number of pyridine rings is 1. The first-order valence-electron chi connectivity index (χ1n) is 13.0. The molecule has 1 aliphatic rings. The van der Waals surface area contributed by atoms with E-state index in [9.17, 15) is 4.79 Å². The zero-order valence-corrected chi connectivity index (χ0v) is 24.7. The summed E-state index contributed by atoms with van der Waals surface area (Å²) in [6.45, 7) is 7.61. The predicted molar refractivity (Wildman–Crippen MR) is 165 cm³/mol. The number of anilines is 2. The molecule has 0 saturated carbocycles. The van der Waals surface area contributed by atoms with Crippen LogP contribution >= 0.6 is 23.8 Å². The number of carbonyl (C=O) groups is 1. The first-order valence-corrected chi connectivity index (χ1v) is 13.8. The maximum Gasteiger partial charge on any atom is 0.229 e. The molecule has 40 heavy (non-hydrogen) atoms. The summed E-state index contributed by atoms with van der Waals surface area (Å²) >= 11 is 12.3. The van der Waals surface area contributed by atoms with E-state index in [1.165, 1.54) is 0 Å². The van der Waals surface area contributed by atoms with Gasteiger partial charge in [0.05, 0.1) is 24.5 Å². The van der Waals surface area contributed by atoms with Gasteiger partial charge in [-0.05, 0) is 79.3 Å². The Morgan fingerprint density at radius 1 is 1.07 bits per heavy atom. The first kappa shape index (κ1) is 27.7. The lowest BCUT2D eigenvalue weighted by Crippen LogP contribution is -2.30.